The second-order valence-corrected chi connectivity index (χ2v) is 10.9. The highest BCUT2D eigenvalue weighted by Crippen LogP contribution is 2.39. The number of aromatic nitrogens is 1. The van der Waals surface area contributed by atoms with Crippen LogP contribution in [0.1, 0.15) is 36.6 Å². The molecule has 0 bridgehead atoms. The van der Waals surface area contributed by atoms with Crippen molar-refractivity contribution in [2.75, 3.05) is 31.1 Å². The maximum atomic E-state index is 13.3. The Balaban J connectivity index is 1.39. The van der Waals surface area contributed by atoms with Crippen molar-refractivity contribution in [1.82, 2.24) is 15.2 Å². The zero-order chi connectivity index (χ0) is 30.2. The second-order valence-electron chi connectivity index (χ2n) is 10.9. The topological polar surface area (TPSA) is 153 Å². The molecule has 0 aliphatic carbocycles. The molecule has 3 aliphatic rings. The first kappa shape index (κ1) is 29.7. The van der Waals surface area contributed by atoms with Crippen LogP contribution in [0, 0.1) is 12.8 Å². The monoisotopic (exact) mass is 590 g/mol. The van der Waals surface area contributed by atoms with Crippen molar-refractivity contribution >= 4 is 23.5 Å². The first-order valence-corrected chi connectivity index (χ1v) is 13.7. The van der Waals surface area contributed by atoms with E-state index in [-0.39, 0.29) is 31.3 Å². The van der Waals surface area contributed by atoms with Crippen LogP contribution in [-0.4, -0.2) is 78.5 Å². The Hall–Kier alpha value is -3.75. The molecule has 0 radical (unpaired) electrons. The molecule has 1 aromatic heterocycles. The quantitative estimate of drug-likeness (QED) is 0.337. The number of amides is 2. The molecule has 42 heavy (non-hydrogen) atoms. The molecule has 5 N–H and O–H groups in total. The third-order valence-electron chi connectivity index (χ3n) is 7.85. The van der Waals surface area contributed by atoms with Crippen LogP contribution >= 0.6 is 0 Å². The van der Waals surface area contributed by atoms with Gasteiger partial charge in [-0.3, -0.25) is 14.6 Å². The summed E-state index contributed by atoms with van der Waals surface area (Å²) >= 11 is 0. The number of esters is 1. The van der Waals surface area contributed by atoms with Gasteiger partial charge in [0, 0.05) is 56.4 Å². The van der Waals surface area contributed by atoms with Crippen LogP contribution in [0.5, 0.6) is 0 Å². The zero-order valence-electron chi connectivity index (χ0n) is 23.0. The fourth-order valence-electron chi connectivity index (χ4n) is 5.84. The predicted octanol–water partition coefficient (Wildman–Crippen LogP) is 1.74. The number of halogens is 3. The summed E-state index contributed by atoms with van der Waals surface area (Å²) in [6, 6.07) is 8.83. The first-order valence-electron chi connectivity index (χ1n) is 13.7. The number of anilines is 1. The number of benzene rings is 1. The Kier molecular flexibility index (Phi) is 8.39. The number of aryl methyl sites for hydroxylation is 1. The lowest BCUT2D eigenvalue weighted by molar-refractivity contribution is -0.167. The molecule has 11 nitrogen and oxygen atoms in total. The maximum Gasteiger partial charge on any atom is 0.398 e. The van der Waals surface area contributed by atoms with Crippen molar-refractivity contribution in [1.29, 1.82) is 0 Å². The van der Waals surface area contributed by atoms with E-state index in [1.165, 1.54) is 0 Å². The molecule has 1 unspecified atom stereocenters. The normalized spacial score (nSPS) is 26.5. The Bertz CT molecular complexity index is 1360. The molecule has 226 valence electrons. The molecule has 3 aliphatic heterocycles. The number of nitrogens with zero attached hydrogens (tertiary/aromatic N) is 3. The number of ether oxygens (including phenoxy) is 2. The number of nitrogens with one attached hydrogen (secondary N) is 1. The standard InChI is InChI=1S/C28H33F3N6O5/c1-15-2-3-19(36-7-5-17(11-28(29,30)31)26(36)42-27(40)25(33)39)10-20(15)16-4-6-35-21(8-16)22-12-34-13-24(41-22)37-14-18(32)9-23(37)38/h2-4,6,8,10,17-18,22,24,26,34H,5,7,9,11-14,32H2,1H3,(H2,33,39)/t17-,18+,22-,24-,26?/m0/s1. The van der Waals surface area contributed by atoms with Crippen LogP contribution in [0.2, 0.25) is 0 Å². The van der Waals surface area contributed by atoms with E-state index in [1.54, 1.807) is 22.1 Å². The second kappa shape index (κ2) is 11.9. The average Bonchev–Trinajstić information content (AvgIpc) is 3.49. The van der Waals surface area contributed by atoms with Gasteiger partial charge in [0.1, 0.15) is 12.3 Å². The number of primary amides is 1. The lowest BCUT2D eigenvalue weighted by atomic mass is 9.98. The van der Waals surface area contributed by atoms with Gasteiger partial charge in [0.2, 0.25) is 5.91 Å². The van der Waals surface area contributed by atoms with Crippen LogP contribution in [0.4, 0.5) is 18.9 Å². The lowest BCUT2D eigenvalue weighted by Gasteiger charge is -2.36. The van der Waals surface area contributed by atoms with Gasteiger partial charge in [-0.1, -0.05) is 6.07 Å². The third-order valence-corrected chi connectivity index (χ3v) is 7.85. The molecule has 2 amide bonds. The van der Waals surface area contributed by atoms with E-state index in [0.29, 0.717) is 31.0 Å². The van der Waals surface area contributed by atoms with Gasteiger partial charge in [-0.25, -0.2) is 4.79 Å². The lowest BCUT2D eigenvalue weighted by Crippen LogP contribution is -2.51. The number of alkyl halides is 3. The highest BCUT2D eigenvalue weighted by Gasteiger charge is 2.44. The molecule has 1 aromatic carbocycles. The van der Waals surface area contributed by atoms with Crippen molar-refractivity contribution in [3.8, 4) is 11.1 Å². The summed E-state index contributed by atoms with van der Waals surface area (Å²) in [6.07, 6.45) is -5.83. The molecule has 3 saturated heterocycles. The van der Waals surface area contributed by atoms with Gasteiger partial charge in [-0.2, -0.15) is 13.2 Å². The van der Waals surface area contributed by atoms with E-state index in [2.05, 4.69) is 10.3 Å². The SMILES string of the molecule is Cc1ccc(N2CC[C@@H](CC(F)(F)F)C2OC(=O)C(N)=O)cc1-c1ccnc([C@@H]2CNC[C@@H](N3C[C@H](N)CC3=O)O2)c1. The average molecular weight is 591 g/mol. The van der Waals surface area contributed by atoms with E-state index in [1.807, 2.05) is 31.2 Å². The van der Waals surface area contributed by atoms with Crippen LogP contribution < -0.4 is 21.7 Å². The smallest absolute Gasteiger partial charge is 0.398 e. The van der Waals surface area contributed by atoms with E-state index in [4.69, 9.17) is 20.9 Å². The van der Waals surface area contributed by atoms with Gasteiger partial charge < -0.3 is 36.1 Å². The summed E-state index contributed by atoms with van der Waals surface area (Å²) in [5, 5.41) is 3.30. The number of pyridine rings is 1. The molecule has 4 heterocycles. The van der Waals surface area contributed by atoms with E-state index in [0.717, 1.165) is 16.7 Å². The molecule has 14 heteroatoms. The number of hydrogen-bond donors (Lipinski definition) is 3. The fraction of sp³-hybridized carbons (Fsp3) is 0.500. The number of rotatable bonds is 6. The highest BCUT2D eigenvalue weighted by molar-refractivity contribution is 6.31. The number of morpholine rings is 1. The van der Waals surface area contributed by atoms with Gasteiger partial charge in [-0.15, -0.1) is 0 Å². The number of carbonyl (C=O) groups excluding carboxylic acids is 3. The Labute approximate surface area is 240 Å². The molecular weight excluding hydrogens is 557 g/mol. The van der Waals surface area contributed by atoms with Crippen LogP contribution in [0.3, 0.4) is 0 Å². The Morgan fingerprint density at radius 1 is 1.19 bits per heavy atom. The summed E-state index contributed by atoms with van der Waals surface area (Å²) in [7, 11) is 0. The van der Waals surface area contributed by atoms with Crippen LogP contribution in [-0.2, 0) is 23.9 Å². The van der Waals surface area contributed by atoms with Gasteiger partial charge in [0.15, 0.2) is 6.23 Å². The van der Waals surface area contributed by atoms with Crippen molar-refractivity contribution in [2.24, 2.45) is 17.4 Å². The van der Waals surface area contributed by atoms with E-state index >= 15 is 0 Å². The molecule has 2 aromatic rings. The predicted molar refractivity (Wildman–Crippen MR) is 144 cm³/mol. The summed E-state index contributed by atoms with van der Waals surface area (Å²) in [5.74, 6) is -3.88. The Morgan fingerprint density at radius 3 is 2.67 bits per heavy atom. The molecule has 3 fully saturated rings. The minimum Gasteiger partial charge on any atom is -0.434 e. The van der Waals surface area contributed by atoms with Crippen molar-refractivity contribution < 1.29 is 37.0 Å². The van der Waals surface area contributed by atoms with Gasteiger partial charge in [0.05, 0.1) is 12.1 Å². The summed E-state index contributed by atoms with van der Waals surface area (Å²) < 4.78 is 51.3. The molecule has 5 rings (SSSR count). The number of likely N-dealkylation sites (tertiary alicyclic amines) is 1. The maximum absolute atomic E-state index is 13.3. The van der Waals surface area contributed by atoms with Gasteiger partial charge in [-0.05, 0) is 54.3 Å². The molecule has 5 atom stereocenters. The van der Waals surface area contributed by atoms with Crippen LogP contribution in [0.15, 0.2) is 36.5 Å². The zero-order valence-corrected chi connectivity index (χ0v) is 23.0. The van der Waals surface area contributed by atoms with Crippen molar-refractivity contribution in [2.45, 2.75) is 57.0 Å². The number of nitrogens with two attached hydrogens (primary N) is 2. The fourth-order valence-corrected chi connectivity index (χ4v) is 5.84. The number of carbonyl (C=O) groups is 3. The number of hydrogen-bond acceptors (Lipinski definition) is 9. The largest absolute Gasteiger partial charge is 0.434 e. The van der Waals surface area contributed by atoms with E-state index < -0.39 is 49.0 Å². The minimum absolute atomic E-state index is 0.0525. The van der Waals surface area contributed by atoms with E-state index in [9.17, 15) is 27.6 Å². The summed E-state index contributed by atoms with van der Waals surface area (Å²) in [6.45, 7) is 3.47. The Morgan fingerprint density at radius 2 is 1.98 bits per heavy atom. The summed E-state index contributed by atoms with van der Waals surface area (Å²) in [5.41, 5.74) is 14.6. The van der Waals surface area contributed by atoms with Crippen molar-refractivity contribution in [3.05, 3.63) is 47.8 Å². The van der Waals surface area contributed by atoms with Gasteiger partial charge >= 0.3 is 18.1 Å². The van der Waals surface area contributed by atoms with Crippen molar-refractivity contribution in [3.63, 3.8) is 0 Å². The van der Waals surface area contributed by atoms with Crippen LogP contribution in [0.25, 0.3) is 11.1 Å². The first-order chi connectivity index (χ1) is 19.9. The summed E-state index contributed by atoms with van der Waals surface area (Å²) in [4.78, 5) is 43.4. The minimum atomic E-state index is -4.48. The molecule has 0 saturated carbocycles. The third kappa shape index (κ3) is 6.50. The van der Waals surface area contributed by atoms with Gasteiger partial charge in [0.25, 0.3) is 0 Å². The molecular formula is C28H33F3N6O5. The highest BCUT2D eigenvalue weighted by atomic mass is 19.4. The molecule has 0 spiro atoms.